The first-order valence-corrected chi connectivity index (χ1v) is 18.9. The summed E-state index contributed by atoms with van der Waals surface area (Å²) in [6.07, 6.45) is 0. The van der Waals surface area contributed by atoms with Gasteiger partial charge < -0.3 is 4.90 Å². The number of aryl methyl sites for hydroxylation is 3. The van der Waals surface area contributed by atoms with Crippen molar-refractivity contribution >= 4 is 76.7 Å². The van der Waals surface area contributed by atoms with E-state index in [9.17, 15) is 0 Å². The minimum absolute atomic E-state index is 0.643. The average molecular weight is 642 g/mol. The summed E-state index contributed by atoms with van der Waals surface area (Å²) in [4.78, 5) is 2.39. The normalized spacial score (nSPS) is 11.1. The maximum absolute atomic E-state index is 2.39. The molecule has 6 rings (SSSR count). The molecule has 0 aliphatic heterocycles. The van der Waals surface area contributed by atoms with Gasteiger partial charge in [0.1, 0.15) is 28.6 Å². The predicted octanol–water partition coefficient (Wildman–Crippen LogP) is 5.97. The quantitative estimate of drug-likeness (QED) is 0.176. The third kappa shape index (κ3) is 7.10. The Morgan fingerprint density at radius 2 is 0.587 bits per heavy atom. The van der Waals surface area contributed by atoms with E-state index in [1.54, 1.807) is 0 Å². The minimum Gasteiger partial charge on any atom is -0.311 e. The first-order valence-electron chi connectivity index (χ1n) is 15.9. The van der Waals surface area contributed by atoms with E-state index in [0.29, 0.717) is 28.6 Å². The van der Waals surface area contributed by atoms with Crippen molar-refractivity contribution in [1.29, 1.82) is 0 Å². The van der Waals surface area contributed by atoms with Gasteiger partial charge in [-0.05, 0) is 111 Å². The van der Waals surface area contributed by atoms with Crippen molar-refractivity contribution in [3.05, 3.63) is 161 Å². The van der Waals surface area contributed by atoms with Gasteiger partial charge in [-0.1, -0.05) is 122 Å². The standard InChI is InChI=1S/C42H39NSi3/c1-28-10-7-13-40(31(28)4)44-37-22-16-34(17-23-37)43(35-18-24-38(25-19-35)45-41-14-8-11-29(2)32(41)5)36-20-26-39(27-21-36)46-42-15-9-12-30(3)33(42)6/h7-27H,1-6H3. The lowest BCUT2D eigenvalue weighted by molar-refractivity contribution is 1.29. The van der Waals surface area contributed by atoms with Crippen molar-refractivity contribution in [2.75, 3.05) is 4.90 Å². The Kier molecular flexibility index (Phi) is 9.69. The fourth-order valence-corrected chi connectivity index (χ4v) is 9.28. The van der Waals surface area contributed by atoms with Gasteiger partial charge in [-0.2, -0.15) is 0 Å². The van der Waals surface area contributed by atoms with Gasteiger partial charge in [-0.15, -0.1) is 0 Å². The monoisotopic (exact) mass is 641 g/mol. The lowest BCUT2D eigenvalue weighted by atomic mass is 10.1. The topological polar surface area (TPSA) is 3.24 Å². The highest BCUT2D eigenvalue weighted by Crippen LogP contribution is 2.33. The molecule has 0 bridgehead atoms. The SMILES string of the molecule is Cc1cccc([Si]c2ccc(N(c3ccc([Si]c4cccc(C)c4C)cc3)c3ccc([Si]c4cccc(C)c4C)cc3)cc2)c1C. The molecule has 4 heteroatoms. The summed E-state index contributed by atoms with van der Waals surface area (Å²) in [7, 11) is 1.93. The summed E-state index contributed by atoms with van der Waals surface area (Å²) < 4.78 is 0. The molecule has 0 saturated carbocycles. The van der Waals surface area contributed by atoms with Crippen LogP contribution in [0.15, 0.2) is 127 Å². The molecule has 0 unspecified atom stereocenters. The zero-order chi connectivity index (χ0) is 32.2. The molecule has 0 amide bonds. The van der Waals surface area contributed by atoms with E-state index in [-0.39, 0.29) is 0 Å². The van der Waals surface area contributed by atoms with Gasteiger partial charge in [0.15, 0.2) is 0 Å². The summed E-state index contributed by atoms with van der Waals surface area (Å²) in [5, 5.41) is 8.33. The van der Waals surface area contributed by atoms with Gasteiger partial charge in [0, 0.05) is 17.1 Å². The molecule has 6 radical (unpaired) electrons. The molecular formula is C42H39NSi3. The highest BCUT2D eigenvalue weighted by atomic mass is 28.2. The van der Waals surface area contributed by atoms with Crippen LogP contribution < -0.4 is 36.0 Å². The molecule has 0 saturated heterocycles. The van der Waals surface area contributed by atoms with Crippen LogP contribution in [0, 0.1) is 41.5 Å². The Bertz CT molecular complexity index is 1730. The Balaban J connectivity index is 1.31. The fourth-order valence-electron chi connectivity index (χ4n) is 5.65. The van der Waals surface area contributed by atoms with Crippen molar-refractivity contribution in [2.24, 2.45) is 0 Å². The number of benzene rings is 6. The number of anilines is 3. The molecule has 0 spiro atoms. The van der Waals surface area contributed by atoms with Crippen molar-refractivity contribution < 1.29 is 0 Å². The second-order valence-electron chi connectivity index (χ2n) is 12.1. The Morgan fingerprint density at radius 3 is 0.848 bits per heavy atom. The lowest BCUT2D eigenvalue weighted by Gasteiger charge is -2.26. The molecule has 6 aromatic carbocycles. The summed E-state index contributed by atoms with van der Waals surface area (Å²) in [5.41, 5.74) is 11.8. The second-order valence-corrected chi connectivity index (χ2v) is 16.2. The molecule has 0 fully saturated rings. The van der Waals surface area contributed by atoms with E-state index in [0.717, 1.165) is 0 Å². The van der Waals surface area contributed by atoms with Crippen LogP contribution in [0.4, 0.5) is 17.1 Å². The van der Waals surface area contributed by atoms with Crippen LogP contribution in [0.2, 0.25) is 0 Å². The van der Waals surface area contributed by atoms with E-state index in [1.165, 1.54) is 81.6 Å². The third-order valence-corrected chi connectivity index (χ3v) is 13.3. The number of rotatable bonds is 9. The largest absolute Gasteiger partial charge is 0.311 e. The van der Waals surface area contributed by atoms with Crippen LogP contribution in [0.1, 0.15) is 33.4 Å². The van der Waals surface area contributed by atoms with E-state index >= 15 is 0 Å². The number of hydrogen-bond acceptors (Lipinski definition) is 1. The molecule has 0 atom stereocenters. The summed E-state index contributed by atoms with van der Waals surface area (Å²) in [6, 6.07) is 47.4. The molecule has 224 valence electrons. The molecule has 0 N–H and O–H groups in total. The molecule has 0 heterocycles. The first-order chi connectivity index (χ1) is 22.3. The maximum Gasteiger partial charge on any atom is 0.121 e. The van der Waals surface area contributed by atoms with Crippen molar-refractivity contribution in [2.45, 2.75) is 41.5 Å². The molecule has 0 aromatic heterocycles. The fraction of sp³-hybridized carbons (Fsp3) is 0.143. The lowest BCUT2D eigenvalue weighted by Crippen LogP contribution is -2.30. The Labute approximate surface area is 282 Å². The Morgan fingerprint density at radius 1 is 0.326 bits per heavy atom. The third-order valence-electron chi connectivity index (χ3n) is 9.03. The van der Waals surface area contributed by atoms with Gasteiger partial charge >= 0.3 is 0 Å². The van der Waals surface area contributed by atoms with E-state index in [1.807, 2.05) is 0 Å². The van der Waals surface area contributed by atoms with Crippen LogP contribution in [-0.2, 0) is 0 Å². The van der Waals surface area contributed by atoms with Crippen molar-refractivity contribution in [3.63, 3.8) is 0 Å². The van der Waals surface area contributed by atoms with Crippen molar-refractivity contribution in [1.82, 2.24) is 0 Å². The maximum atomic E-state index is 2.39. The van der Waals surface area contributed by atoms with Gasteiger partial charge in [-0.3, -0.25) is 0 Å². The number of nitrogens with zero attached hydrogens (tertiary/aromatic N) is 1. The predicted molar refractivity (Wildman–Crippen MR) is 204 cm³/mol. The van der Waals surface area contributed by atoms with Crippen LogP contribution in [0.25, 0.3) is 0 Å². The molecule has 46 heavy (non-hydrogen) atoms. The molecule has 6 aromatic rings. The highest BCUT2D eigenvalue weighted by Gasteiger charge is 2.15. The van der Waals surface area contributed by atoms with Crippen LogP contribution >= 0.6 is 0 Å². The zero-order valence-electron chi connectivity index (χ0n) is 27.6. The molecular weight excluding hydrogens is 603 g/mol. The molecule has 1 nitrogen and oxygen atoms in total. The average Bonchev–Trinajstić information content (AvgIpc) is 3.06. The van der Waals surface area contributed by atoms with Gasteiger partial charge in [-0.25, -0.2) is 0 Å². The van der Waals surface area contributed by atoms with Gasteiger partial charge in [0.25, 0.3) is 0 Å². The zero-order valence-corrected chi connectivity index (χ0v) is 30.6. The summed E-state index contributed by atoms with van der Waals surface area (Å²) >= 11 is 0. The first kappa shape index (κ1) is 31.7. The van der Waals surface area contributed by atoms with E-state index in [2.05, 4.69) is 174 Å². The van der Waals surface area contributed by atoms with Crippen LogP contribution in [-0.4, -0.2) is 28.6 Å². The van der Waals surface area contributed by atoms with Crippen LogP contribution in [0.5, 0.6) is 0 Å². The molecule has 0 aliphatic carbocycles. The van der Waals surface area contributed by atoms with Gasteiger partial charge in [0.05, 0.1) is 0 Å². The van der Waals surface area contributed by atoms with Gasteiger partial charge in [0.2, 0.25) is 0 Å². The van der Waals surface area contributed by atoms with Crippen molar-refractivity contribution in [3.8, 4) is 0 Å². The Hall–Kier alpha value is -4.23. The van der Waals surface area contributed by atoms with Crippen LogP contribution in [0.3, 0.4) is 0 Å². The highest BCUT2D eigenvalue weighted by molar-refractivity contribution is 6.68. The summed E-state index contributed by atoms with van der Waals surface area (Å²) in [6.45, 7) is 13.3. The smallest absolute Gasteiger partial charge is 0.121 e. The number of hydrogen-bond donors (Lipinski definition) is 0. The second kappa shape index (κ2) is 14.0. The molecule has 0 aliphatic rings. The van der Waals surface area contributed by atoms with E-state index < -0.39 is 0 Å². The van der Waals surface area contributed by atoms with E-state index in [4.69, 9.17) is 0 Å². The summed E-state index contributed by atoms with van der Waals surface area (Å²) in [5.74, 6) is 0. The minimum atomic E-state index is 0.643.